The molecule has 8 heteroatoms. The smallest absolute Gasteiger partial charge is 0.328 e. The van der Waals surface area contributed by atoms with Crippen LogP contribution in [0.2, 0.25) is 0 Å². The first-order valence-corrected chi connectivity index (χ1v) is 9.33. The Bertz CT molecular complexity index is 827. The molecule has 0 aliphatic carbocycles. The SMILES string of the molecule is O=P(O)(O)CCOc1cc(-c2ccccn2)nc(-c2ccccn2)c1. The van der Waals surface area contributed by atoms with Gasteiger partial charge in [0.15, 0.2) is 0 Å². The predicted molar refractivity (Wildman–Crippen MR) is 93.1 cm³/mol. The number of ether oxygens (including phenoxy) is 1. The van der Waals surface area contributed by atoms with Crippen molar-refractivity contribution in [3.05, 3.63) is 60.9 Å². The van der Waals surface area contributed by atoms with Gasteiger partial charge in [0.2, 0.25) is 0 Å². The summed E-state index contributed by atoms with van der Waals surface area (Å²) in [4.78, 5) is 31.1. The summed E-state index contributed by atoms with van der Waals surface area (Å²) in [6.45, 7) is -0.0996. The second kappa shape index (κ2) is 7.53. The zero-order chi connectivity index (χ0) is 17.7. The molecule has 3 rings (SSSR count). The molecule has 7 nitrogen and oxygen atoms in total. The zero-order valence-electron chi connectivity index (χ0n) is 13.2. The Balaban J connectivity index is 1.95. The first-order valence-electron chi connectivity index (χ1n) is 7.53. The Morgan fingerprint density at radius 2 is 1.44 bits per heavy atom. The maximum Gasteiger partial charge on any atom is 0.328 e. The van der Waals surface area contributed by atoms with E-state index in [1.165, 1.54) is 0 Å². The third-order valence-corrected chi connectivity index (χ3v) is 4.07. The van der Waals surface area contributed by atoms with Gasteiger partial charge >= 0.3 is 7.60 Å². The van der Waals surface area contributed by atoms with Crippen molar-refractivity contribution in [2.24, 2.45) is 0 Å². The maximum atomic E-state index is 11.0. The van der Waals surface area contributed by atoms with E-state index < -0.39 is 7.60 Å². The van der Waals surface area contributed by atoms with Crippen molar-refractivity contribution in [2.45, 2.75) is 0 Å². The lowest BCUT2D eigenvalue weighted by Crippen LogP contribution is -2.04. The lowest BCUT2D eigenvalue weighted by Gasteiger charge is -2.11. The van der Waals surface area contributed by atoms with Crippen LogP contribution in [-0.4, -0.2) is 37.5 Å². The molecule has 3 aromatic heterocycles. The molecule has 0 amide bonds. The van der Waals surface area contributed by atoms with E-state index in [2.05, 4.69) is 15.0 Å². The second-order valence-electron chi connectivity index (χ2n) is 5.24. The molecule has 3 aromatic rings. The van der Waals surface area contributed by atoms with E-state index in [1.807, 2.05) is 36.4 Å². The van der Waals surface area contributed by atoms with E-state index in [0.29, 0.717) is 28.5 Å². The minimum Gasteiger partial charge on any atom is -0.493 e. The minimum atomic E-state index is -4.11. The molecular weight excluding hydrogens is 341 g/mol. The van der Waals surface area contributed by atoms with Crippen LogP contribution in [0.5, 0.6) is 5.75 Å². The summed E-state index contributed by atoms with van der Waals surface area (Å²) < 4.78 is 16.5. The molecule has 2 N–H and O–H groups in total. The molecule has 0 aliphatic heterocycles. The molecule has 0 saturated carbocycles. The summed E-state index contributed by atoms with van der Waals surface area (Å²) in [7, 11) is -4.11. The fraction of sp³-hybridized carbons (Fsp3) is 0.118. The second-order valence-corrected chi connectivity index (χ2v) is 7.02. The highest BCUT2D eigenvalue weighted by Crippen LogP contribution is 2.34. The Labute approximate surface area is 144 Å². The van der Waals surface area contributed by atoms with Gasteiger partial charge < -0.3 is 14.5 Å². The predicted octanol–water partition coefficient (Wildman–Crippen LogP) is 2.76. The molecule has 0 saturated heterocycles. The van der Waals surface area contributed by atoms with Crippen LogP contribution < -0.4 is 4.74 Å². The standard InChI is InChI=1S/C17H16N3O4P/c21-25(22,23)10-9-24-13-11-16(14-5-1-3-7-18-14)20-17(12-13)15-6-2-4-8-19-15/h1-8,11-12H,9-10H2,(H2,21,22,23). The van der Waals surface area contributed by atoms with E-state index in [-0.39, 0.29) is 12.8 Å². The van der Waals surface area contributed by atoms with Gasteiger partial charge in [-0.3, -0.25) is 14.5 Å². The summed E-state index contributed by atoms with van der Waals surface area (Å²) in [5.74, 6) is 0.449. The number of rotatable bonds is 6. The van der Waals surface area contributed by atoms with E-state index in [0.717, 1.165) is 0 Å². The summed E-state index contributed by atoms with van der Waals surface area (Å²) in [5.41, 5.74) is 2.52. The largest absolute Gasteiger partial charge is 0.493 e. The summed E-state index contributed by atoms with van der Waals surface area (Å²) in [5, 5.41) is 0. The van der Waals surface area contributed by atoms with Gasteiger partial charge in [0.25, 0.3) is 0 Å². The molecule has 0 spiro atoms. The van der Waals surface area contributed by atoms with Gasteiger partial charge in [-0.1, -0.05) is 12.1 Å². The van der Waals surface area contributed by atoms with Crippen molar-refractivity contribution < 1.29 is 19.1 Å². The van der Waals surface area contributed by atoms with Crippen LogP contribution in [0, 0.1) is 0 Å². The maximum absolute atomic E-state index is 11.0. The summed E-state index contributed by atoms with van der Waals surface area (Å²) in [6.07, 6.45) is 2.98. The molecule has 0 aliphatic rings. The van der Waals surface area contributed by atoms with Crippen LogP contribution in [0.3, 0.4) is 0 Å². The number of nitrogens with zero attached hydrogens (tertiary/aromatic N) is 3. The molecule has 0 bridgehead atoms. The number of pyridine rings is 3. The lowest BCUT2D eigenvalue weighted by molar-refractivity contribution is 0.316. The average Bonchev–Trinajstić information content (AvgIpc) is 2.62. The van der Waals surface area contributed by atoms with Crippen molar-refractivity contribution in [3.63, 3.8) is 0 Å². The quantitative estimate of drug-likeness (QED) is 0.654. The molecule has 0 aromatic carbocycles. The van der Waals surface area contributed by atoms with Crippen LogP contribution in [0.1, 0.15) is 0 Å². The van der Waals surface area contributed by atoms with E-state index >= 15 is 0 Å². The topological polar surface area (TPSA) is 105 Å². The molecular formula is C17H16N3O4P. The summed E-state index contributed by atoms with van der Waals surface area (Å²) in [6, 6.07) is 14.3. The lowest BCUT2D eigenvalue weighted by atomic mass is 10.2. The normalized spacial score (nSPS) is 11.3. The van der Waals surface area contributed by atoms with E-state index in [4.69, 9.17) is 14.5 Å². The van der Waals surface area contributed by atoms with E-state index in [9.17, 15) is 4.57 Å². The molecule has 0 fully saturated rings. The fourth-order valence-corrected chi connectivity index (χ4v) is 2.49. The van der Waals surface area contributed by atoms with Gasteiger partial charge in [0.05, 0.1) is 35.5 Å². The van der Waals surface area contributed by atoms with Crippen LogP contribution in [0.4, 0.5) is 0 Å². The van der Waals surface area contributed by atoms with Crippen LogP contribution in [0.25, 0.3) is 22.8 Å². The molecule has 0 radical (unpaired) electrons. The average molecular weight is 357 g/mol. The third kappa shape index (κ3) is 4.93. The van der Waals surface area contributed by atoms with Gasteiger partial charge in [-0.25, -0.2) is 4.98 Å². The number of hydrogen-bond acceptors (Lipinski definition) is 5. The molecule has 0 atom stereocenters. The Hall–Kier alpha value is -2.60. The van der Waals surface area contributed by atoms with Gasteiger partial charge in [0, 0.05) is 24.5 Å². The minimum absolute atomic E-state index is 0.0996. The number of aromatic nitrogens is 3. The van der Waals surface area contributed by atoms with Crippen molar-refractivity contribution in [3.8, 4) is 28.5 Å². The third-order valence-electron chi connectivity index (χ3n) is 3.30. The van der Waals surface area contributed by atoms with Crippen LogP contribution in [0.15, 0.2) is 60.9 Å². The van der Waals surface area contributed by atoms with Crippen molar-refractivity contribution >= 4 is 7.60 Å². The Morgan fingerprint density at radius 3 is 1.88 bits per heavy atom. The van der Waals surface area contributed by atoms with Crippen molar-refractivity contribution in [1.82, 2.24) is 15.0 Å². The fourth-order valence-electron chi connectivity index (χ4n) is 2.16. The highest BCUT2D eigenvalue weighted by Gasteiger charge is 2.14. The zero-order valence-corrected chi connectivity index (χ0v) is 14.1. The summed E-state index contributed by atoms with van der Waals surface area (Å²) >= 11 is 0. The molecule has 3 heterocycles. The Morgan fingerprint density at radius 1 is 0.880 bits per heavy atom. The Kier molecular flexibility index (Phi) is 5.19. The van der Waals surface area contributed by atoms with Gasteiger partial charge in [-0.2, -0.15) is 0 Å². The van der Waals surface area contributed by atoms with Gasteiger partial charge in [-0.05, 0) is 24.3 Å². The first-order chi connectivity index (χ1) is 12.0. The number of hydrogen-bond donors (Lipinski definition) is 2. The molecule has 0 unspecified atom stereocenters. The molecule has 25 heavy (non-hydrogen) atoms. The van der Waals surface area contributed by atoms with Gasteiger partial charge in [0.1, 0.15) is 5.75 Å². The van der Waals surface area contributed by atoms with Gasteiger partial charge in [-0.15, -0.1) is 0 Å². The van der Waals surface area contributed by atoms with E-state index in [1.54, 1.807) is 24.5 Å². The van der Waals surface area contributed by atoms with Crippen LogP contribution in [-0.2, 0) is 4.57 Å². The van der Waals surface area contributed by atoms with Crippen LogP contribution >= 0.6 is 7.60 Å². The highest BCUT2D eigenvalue weighted by molar-refractivity contribution is 7.51. The van der Waals surface area contributed by atoms with Crippen molar-refractivity contribution in [1.29, 1.82) is 0 Å². The first kappa shape index (κ1) is 17.2. The van der Waals surface area contributed by atoms with Crippen molar-refractivity contribution in [2.75, 3.05) is 12.8 Å². The molecule has 128 valence electrons. The highest BCUT2D eigenvalue weighted by atomic mass is 31.2. The monoisotopic (exact) mass is 357 g/mol.